The number of anilines is 2. The fourth-order valence-corrected chi connectivity index (χ4v) is 3.96. The van der Waals surface area contributed by atoms with Crippen LogP contribution in [0.2, 0.25) is 0 Å². The van der Waals surface area contributed by atoms with Gasteiger partial charge in [-0.2, -0.15) is 0 Å². The molecule has 0 atom stereocenters. The van der Waals surface area contributed by atoms with E-state index in [-0.39, 0.29) is 17.4 Å². The average Bonchev–Trinajstić information content (AvgIpc) is 2.71. The van der Waals surface area contributed by atoms with Crippen molar-refractivity contribution in [1.82, 2.24) is 15.0 Å². The van der Waals surface area contributed by atoms with Crippen LogP contribution >= 0.6 is 0 Å². The Balaban J connectivity index is 1.48. The Morgan fingerprint density at radius 3 is 2.53 bits per heavy atom. The lowest BCUT2D eigenvalue weighted by Crippen LogP contribution is -2.31. The fraction of sp³-hybridized carbons (Fsp3) is 0.364. The van der Waals surface area contributed by atoms with Crippen molar-refractivity contribution < 1.29 is 14.6 Å². The Bertz CT molecular complexity index is 1080. The average molecular weight is 407 g/mol. The lowest BCUT2D eigenvalue weighted by Gasteiger charge is -2.30. The van der Waals surface area contributed by atoms with Crippen LogP contribution < -0.4 is 15.8 Å². The summed E-state index contributed by atoms with van der Waals surface area (Å²) in [5.74, 6) is 0.145. The SMILES string of the molecule is Cc1cnc(NC2CCC(Oc3cccc4nc(C)c(C(=O)O)c(N)c34)CC2)nc1. The van der Waals surface area contributed by atoms with E-state index < -0.39 is 5.97 Å². The number of fused-ring (bicyclic) bond motifs is 1. The van der Waals surface area contributed by atoms with Crippen molar-refractivity contribution in [1.29, 1.82) is 0 Å². The number of aromatic carboxylic acids is 1. The molecule has 0 radical (unpaired) electrons. The summed E-state index contributed by atoms with van der Waals surface area (Å²) in [6.07, 6.45) is 7.23. The Labute approximate surface area is 174 Å². The predicted octanol–water partition coefficient (Wildman–Crippen LogP) is 3.72. The number of aromatic nitrogens is 3. The summed E-state index contributed by atoms with van der Waals surface area (Å²) < 4.78 is 6.27. The monoisotopic (exact) mass is 407 g/mol. The van der Waals surface area contributed by atoms with E-state index in [1.807, 2.05) is 25.1 Å². The molecule has 1 aliphatic carbocycles. The molecule has 4 N–H and O–H groups in total. The second-order valence-electron chi connectivity index (χ2n) is 7.76. The molecule has 4 rings (SSSR count). The van der Waals surface area contributed by atoms with Crippen molar-refractivity contribution in [3.05, 3.63) is 47.4 Å². The van der Waals surface area contributed by atoms with Gasteiger partial charge in [-0.05, 0) is 57.2 Å². The van der Waals surface area contributed by atoms with Crippen molar-refractivity contribution in [2.45, 2.75) is 51.7 Å². The summed E-state index contributed by atoms with van der Waals surface area (Å²) in [6.45, 7) is 3.61. The zero-order valence-electron chi connectivity index (χ0n) is 17.1. The van der Waals surface area contributed by atoms with Crippen LogP contribution in [-0.4, -0.2) is 38.2 Å². The molecule has 30 heavy (non-hydrogen) atoms. The van der Waals surface area contributed by atoms with Gasteiger partial charge in [0.05, 0.1) is 28.4 Å². The smallest absolute Gasteiger partial charge is 0.339 e. The molecule has 0 spiro atoms. The molecule has 1 fully saturated rings. The van der Waals surface area contributed by atoms with Crippen LogP contribution in [0.5, 0.6) is 5.75 Å². The third-order valence-electron chi connectivity index (χ3n) is 5.49. The second-order valence-corrected chi connectivity index (χ2v) is 7.76. The largest absolute Gasteiger partial charge is 0.490 e. The Morgan fingerprint density at radius 2 is 1.87 bits per heavy atom. The van der Waals surface area contributed by atoms with Gasteiger partial charge in [0.1, 0.15) is 11.3 Å². The topological polar surface area (TPSA) is 123 Å². The summed E-state index contributed by atoms with van der Waals surface area (Å²) in [4.78, 5) is 24.6. The normalized spacial score (nSPS) is 18.9. The van der Waals surface area contributed by atoms with E-state index in [0.717, 1.165) is 31.2 Å². The Kier molecular flexibility index (Phi) is 5.39. The Hall–Kier alpha value is -3.42. The molecule has 156 valence electrons. The lowest BCUT2D eigenvalue weighted by molar-refractivity contribution is 0.0697. The molecule has 0 amide bonds. The number of pyridine rings is 1. The van der Waals surface area contributed by atoms with Gasteiger partial charge in [0.2, 0.25) is 5.95 Å². The van der Waals surface area contributed by atoms with E-state index in [9.17, 15) is 9.90 Å². The molecular formula is C22H25N5O3. The van der Waals surface area contributed by atoms with Crippen molar-refractivity contribution in [2.24, 2.45) is 0 Å². The number of carboxylic acid groups (broad SMARTS) is 1. The maximum absolute atomic E-state index is 11.6. The number of hydrogen-bond donors (Lipinski definition) is 3. The minimum atomic E-state index is -1.08. The zero-order valence-corrected chi connectivity index (χ0v) is 17.1. The number of aryl methyl sites for hydroxylation is 2. The number of nitrogens with two attached hydrogens (primary N) is 1. The summed E-state index contributed by atoms with van der Waals surface area (Å²) >= 11 is 0. The zero-order chi connectivity index (χ0) is 21.3. The Morgan fingerprint density at radius 1 is 1.17 bits per heavy atom. The lowest BCUT2D eigenvalue weighted by atomic mass is 9.93. The number of hydrogen-bond acceptors (Lipinski definition) is 7. The molecule has 0 unspecified atom stereocenters. The van der Waals surface area contributed by atoms with E-state index in [4.69, 9.17) is 10.5 Å². The fourth-order valence-electron chi connectivity index (χ4n) is 3.96. The van der Waals surface area contributed by atoms with Gasteiger partial charge < -0.3 is 20.9 Å². The highest BCUT2D eigenvalue weighted by Crippen LogP contribution is 2.35. The van der Waals surface area contributed by atoms with Gasteiger partial charge >= 0.3 is 5.97 Å². The molecule has 3 aromatic rings. The predicted molar refractivity (Wildman–Crippen MR) is 115 cm³/mol. The highest BCUT2D eigenvalue weighted by molar-refractivity contribution is 6.06. The van der Waals surface area contributed by atoms with Gasteiger partial charge in [0.15, 0.2) is 0 Å². The summed E-state index contributed by atoms with van der Waals surface area (Å²) in [6, 6.07) is 5.80. The number of nitrogens with one attached hydrogen (secondary N) is 1. The molecular weight excluding hydrogens is 382 g/mol. The number of nitrogens with zero attached hydrogens (tertiary/aromatic N) is 3. The first kappa shape index (κ1) is 19.9. The van der Waals surface area contributed by atoms with Crippen LogP contribution in [-0.2, 0) is 0 Å². The van der Waals surface area contributed by atoms with Gasteiger partial charge in [-0.15, -0.1) is 0 Å². The van der Waals surface area contributed by atoms with Crippen LogP contribution in [0.15, 0.2) is 30.6 Å². The minimum Gasteiger partial charge on any atom is -0.490 e. The van der Waals surface area contributed by atoms with E-state index >= 15 is 0 Å². The van der Waals surface area contributed by atoms with Gasteiger partial charge in [-0.3, -0.25) is 4.98 Å². The number of ether oxygens (including phenoxy) is 1. The number of carbonyl (C=O) groups is 1. The van der Waals surface area contributed by atoms with E-state index in [2.05, 4.69) is 20.3 Å². The first-order valence-corrected chi connectivity index (χ1v) is 10.1. The standard InChI is InChI=1S/C22H25N5O3/c1-12-10-24-22(25-11-12)27-14-6-8-15(9-7-14)30-17-5-3-4-16-19(17)20(23)18(21(28)29)13(2)26-16/h3-5,10-11,14-15H,6-9H2,1-2H3,(H2,23,26)(H,28,29)(H,24,25,27). The second kappa shape index (κ2) is 8.14. The molecule has 8 nitrogen and oxygen atoms in total. The van der Waals surface area contributed by atoms with Gasteiger partial charge in [0.25, 0.3) is 0 Å². The molecule has 8 heteroatoms. The third-order valence-corrected chi connectivity index (χ3v) is 5.49. The highest BCUT2D eigenvalue weighted by Gasteiger charge is 2.25. The molecule has 1 saturated carbocycles. The molecule has 1 aromatic carbocycles. The molecule has 0 bridgehead atoms. The van der Waals surface area contributed by atoms with Gasteiger partial charge in [-0.1, -0.05) is 6.07 Å². The molecule has 2 aromatic heterocycles. The van der Waals surface area contributed by atoms with Crippen LogP contribution in [0, 0.1) is 13.8 Å². The first-order chi connectivity index (χ1) is 14.4. The minimum absolute atomic E-state index is 0.0292. The maximum Gasteiger partial charge on any atom is 0.339 e. The van der Waals surface area contributed by atoms with Crippen LogP contribution in [0.1, 0.15) is 47.3 Å². The summed E-state index contributed by atoms with van der Waals surface area (Å²) in [5.41, 5.74) is 8.52. The first-order valence-electron chi connectivity index (χ1n) is 10.1. The molecule has 0 saturated heterocycles. The maximum atomic E-state index is 11.6. The van der Waals surface area contributed by atoms with Crippen LogP contribution in [0.3, 0.4) is 0 Å². The van der Waals surface area contributed by atoms with E-state index in [1.165, 1.54) is 0 Å². The van der Waals surface area contributed by atoms with E-state index in [0.29, 0.717) is 34.3 Å². The summed E-state index contributed by atoms with van der Waals surface area (Å²) in [5, 5.41) is 13.5. The molecule has 1 aliphatic rings. The quantitative estimate of drug-likeness (QED) is 0.585. The highest BCUT2D eigenvalue weighted by atomic mass is 16.5. The van der Waals surface area contributed by atoms with Crippen LogP contribution in [0.4, 0.5) is 11.6 Å². The van der Waals surface area contributed by atoms with Crippen molar-refractivity contribution in [3.63, 3.8) is 0 Å². The van der Waals surface area contributed by atoms with Gasteiger partial charge in [0, 0.05) is 18.4 Å². The van der Waals surface area contributed by atoms with Gasteiger partial charge in [-0.25, -0.2) is 14.8 Å². The molecule has 2 heterocycles. The number of benzene rings is 1. The van der Waals surface area contributed by atoms with Crippen molar-refractivity contribution >= 4 is 28.5 Å². The third kappa shape index (κ3) is 3.98. The number of nitrogen functional groups attached to an aromatic ring is 1. The number of carboxylic acids is 1. The van der Waals surface area contributed by atoms with Crippen molar-refractivity contribution in [3.8, 4) is 5.75 Å². The number of rotatable bonds is 5. The molecule has 0 aliphatic heterocycles. The van der Waals surface area contributed by atoms with E-state index in [1.54, 1.807) is 19.3 Å². The van der Waals surface area contributed by atoms with Crippen LogP contribution in [0.25, 0.3) is 10.9 Å². The summed E-state index contributed by atoms with van der Waals surface area (Å²) in [7, 11) is 0. The van der Waals surface area contributed by atoms with Crippen molar-refractivity contribution in [2.75, 3.05) is 11.1 Å².